The topological polar surface area (TPSA) is 86.6 Å². The van der Waals surface area contributed by atoms with E-state index in [0.29, 0.717) is 0 Å². The number of anilines is 1. The lowest BCUT2D eigenvalue weighted by molar-refractivity contribution is 0.986. The van der Waals surface area contributed by atoms with Crippen molar-refractivity contribution in [2.24, 2.45) is 16.1 Å². The molecule has 0 spiro atoms. The van der Waals surface area contributed by atoms with Gasteiger partial charge in [0.25, 0.3) is 0 Å². The van der Waals surface area contributed by atoms with Gasteiger partial charge in [0.2, 0.25) is 0 Å². The fraction of sp³-hybridized carbons (Fsp3) is 0.133. The van der Waals surface area contributed by atoms with Gasteiger partial charge in [-0.25, -0.2) is 0 Å². The molecule has 0 aliphatic rings. The summed E-state index contributed by atoms with van der Waals surface area (Å²) in [5.41, 5.74) is 16.6. The molecule has 0 aliphatic heterocycles. The fourth-order valence-corrected chi connectivity index (χ4v) is 1.88. The minimum Gasteiger partial charge on any atom is -0.382 e. The maximum atomic E-state index is 6.65. The van der Waals surface area contributed by atoms with Crippen molar-refractivity contribution in [2.45, 2.75) is 13.5 Å². The molecular weight excluding hydrogens is 250 g/mol. The Morgan fingerprint density at radius 2 is 1.85 bits per heavy atom. The second-order valence-electron chi connectivity index (χ2n) is 4.44. The third kappa shape index (κ3) is 3.41. The van der Waals surface area contributed by atoms with Crippen molar-refractivity contribution in [3.8, 4) is 0 Å². The maximum Gasteiger partial charge on any atom is 0.155 e. The Hall–Kier alpha value is -2.69. The van der Waals surface area contributed by atoms with Crippen LogP contribution in [0.3, 0.4) is 0 Å². The third-order valence-corrected chi connectivity index (χ3v) is 3.08. The molecule has 5 heteroatoms. The van der Waals surface area contributed by atoms with Crippen LogP contribution in [0.15, 0.2) is 58.9 Å². The van der Waals surface area contributed by atoms with Crippen molar-refractivity contribution in [2.75, 3.05) is 5.32 Å². The van der Waals surface area contributed by atoms with Crippen LogP contribution in [0.1, 0.15) is 16.7 Å². The Morgan fingerprint density at radius 1 is 1.15 bits per heavy atom. The minimum absolute atomic E-state index is 0.241. The highest BCUT2D eigenvalue weighted by Gasteiger charge is 2.00. The first-order chi connectivity index (χ1) is 9.70. The Kier molecular flexibility index (Phi) is 4.44. The minimum atomic E-state index is 0.241. The molecule has 0 atom stereocenters. The lowest BCUT2D eigenvalue weighted by atomic mass is 10.1. The van der Waals surface area contributed by atoms with Gasteiger partial charge in [0.1, 0.15) is 0 Å². The Morgan fingerprint density at radius 3 is 2.50 bits per heavy atom. The van der Waals surface area contributed by atoms with E-state index in [-0.39, 0.29) is 5.84 Å². The van der Waals surface area contributed by atoms with Crippen LogP contribution in [0.25, 0.3) is 0 Å². The number of benzene rings is 2. The van der Waals surface area contributed by atoms with E-state index in [9.17, 15) is 0 Å². The zero-order chi connectivity index (χ0) is 14.4. The molecule has 0 saturated heterocycles. The molecule has 0 aliphatic carbocycles. The lowest BCUT2D eigenvalue weighted by Gasteiger charge is -2.09. The molecule has 20 heavy (non-hydrogen) atoms. The highest BCUT2D eigenvalue weighted by molar-refractivity contribution is 5.97. The molecule has 2 aromatic rings. The van der Waals surface area contributed by atoms with E-state index >= 15 is 0 Å². The van der Waals surface area contributed by atoms with E-state index in [4.69, 9.17) is 11.3 Å². The molecule has 102 valence electrons. The summed E-state index contributed by atoms with van der Waals surface area (Å²) in [4.78, 5) is 0. The Balaban J connectivity index is 2.03. The number of nitrogens with zero attached hydrogens (tertiary/aromatic N) is 2. The molecule has 0 unspecified atom stereocenters. The molecule has 0 fully saturated rings. The smallest absolute Gasteiger partial charge is 0.155 e. The quantitative estimate of drug-likeness (QED) is 0.336. The van der Waals surface area contributed by atoms with E-state index in [1.165, 1.54) is 11.1 Å². The summed E-state index contributed by atoms with van der Waals surface area (Å²) in [7, 11) is 0. The molecule has 0 amide bonds. The molecule has 0 saturated carbocycles. The van der Waals surface area contributed by atoms with Gasteiger partial charge in [-0.2, -0.15) is 5.53 Å². The van der Waals surface area contributed by atoms with Crippen LogP contribution >= 0.6 is 0 Å². The van der Waals surface area contributed by atoms with Crippen molar-refractivity contribution in [3.05, 3.63) is 65.2 Å². The second kappa shape index (κ2) is 6.47. The van der Waals surface area contributed by atoms with Crippen molar-refractivity contribution in [1.82, 2.24) is 0 Å². The SMILES string of the molecule is Cc1ccccc1CNc1ccc(C(N)=NN=N)cc1. The summed E-state index contributed by atoms with van der Waals surface area (Å²) in [6.07, 6.45) is 0. The zero-order valence-electron chi connectivity index (χ0n) is 11.3. The highest BCUT2D eigenvalue weighted by atomic mass is 15.3. The molecule has 0 radical (unpaired) electrons. The summed E-state index contributed by atoms with van der Waals surface area (Å²) in [6, 6.07) is 15.8. The number of nitrogens with one attached hydrogen (secondary N) is 2. The normalized spacial score (nSPS) is 11.2. The van der Waals surface area contributed by atoms with Crippen molar-refractivity contribution >= 4 is 11.5 Å². The van der Waals surface area contributed by atoms with Crippen molar-refractivity contribution in [3.63, 3.8) is 0 Å². The largest absolute Gasteiger partial charge is 0.382 e. The molecule has 5 nitrogen and oxygen atoms in total. The predicted molar refractivity (Wildman–Crippen MR) is 80.8 cm³/mol. The summed E-state index contributed by atoms with van der Waals surface area (Å²) in [6.45, 7) is 2.87. The average molecular weight is 267 g/mol. The van der Waals surface area contributed by atoms with Crippen molar-refractivity contribution in [1.29, 1.82) is 5.53 Å². The van der Waals surface area contributed by atoms with Gasteiger partial charge in [-0.15, -0.1) is 5.10 Å². The number of hydrogen-bond acceptors (Lipinski definition) is 3. The lowest BCUT2D eigenvalue weighted by Crippen LogP contribution is -2.12. The van der Waals surface area contributed by atoms with Gasteiger partial charge in [0, 0.05) is 17.8 Å². The van der Waals surface area contributed by atoms with Gasteiger partial charge in [0.05, 0.1) is 0 Å². The molecule has 0 bridgehead atoms. The van der Waals surface area contributed by atoms with E-state index in [1.807, 2.05) is 36.4 Å². The highest BCUT2D eigenvalue weighted by Crippen LogP contribution is 2.13. The van der Waals surface area contributed by atoms with Gasteiger partial charge < -0.3 is 11.1 Å². The number of amidine groups is 1. The monoisotopic (exact) mass is 267 g/mol. The van der Waals surface area contributed by atoms with Gasteiger partial charge in [0.15, 0.2) is 5.84 Å². The molecule has 4 N–H and O–H groups in total. The first-order valence-corrected chi connectivity index (χ1v) is 6.29. The van der Waals surface area contributed by atoms with E-state index in [2.05, 4.69) is 34.7 Å². The van der Waals surface area contributed by atoms with Crippen LogP contribution in [0.5, 0.6) is 0 Å². The van der Waals surface area contributed by atoms with Crippen LogP contribution in [0.2, 0.25) is 0 Å². The summed E-state index contributed by atoms with van der Waals surface area (Å²) in [5.74, 6) is 0.241. The first-order valence-electron chi connectivity index (χ1n) is 6.29. The standard InChI is InChI=1S/C15H17N5/c1-11-4-2-3-5-13(11)10-18-14-8-6-12(7-9-14)15(16)19-20-17/h2-9,18H,10H2,1H3,(H3,16,17,19). The zero-order valence-corrected chi connectivity index (χ0v) is 11.3. The number of nitrogens with two attached hydrogens (primary N) is 1. The number of hydrogen-bond donors (Lipinski definition) is 3. The Bertz CT molecular complexity index is 616. The summed E-state index contributed by atoms with van der Waals surface area (Å²) in [5, 5.41) is 9.77. The second-order valence-corrected chi connectivity index (χ2v) is 4.44. The Labute approximate surface area is 118 Å². The predicted octanol–water partition coefficient (Wildman–Crippen LogP) is 3.26. The van der Waals surface area contributed by atoms with Crippen LogP contribution in [0, 0.1) is 12.5 Å². The summed E-state index contributed by atoms with van der Waals surface area (Å²) < 4.78 is 0. The van der Waals surface area contributed by atoms with Gasteiger partial charge in [-0.1, -0.05) is 29.5 Å². The summed E-state index contributed by atoms with van der Waals surface area (Å²) >= 11 is 0. The van der Waals surface area contributed by atoms with Crippen LogP contribution in [-0.4, -0.2) is 5.84 Å². The van der Waals surface area contributed by atoms with Crippen LogP contribution < -0.4 is 11.1 Å². The van der Waals surface area contributed by atoms with E-state index in [0.717, 1.165) is 17.8 Å². The van der Waals surface area contributed by atoms with Gasteiger partial charge in [-0.3, -0.25) is 0 Å². The molecule has 2 aromatic carbocycles. The third-order valence-electron chi connectivity index (χ3n) is 3.08. The fourth-order valence-electron chi connectivity index (χ4n) is 1.88. The number of aryl methyl sites for hydroxylation is 1. The van der Waals surface area contributed by atoms with Gasteiger partial charge in [-0.05, 0) is 42.3 Å². The number of rotatable bonds is 5. The molecular formula is C15H17N5. The maximum absolute atomic E-state index is 6.65. The van der Waals surface area contributed by atoms with Crippen molar-refractivity contribution < 1.29 is 0 Å². The molecule has 0 heterocycles. The first kappa shape index (κ1) is 13.7. The van der Waals surface area contributed by atoms with E-state index < -0.39 is 0 Å². The van der Waals surface area contributed by atoms with Gasteiger partial charge >= 0.3 is 0 Å². The van der Waals surface area contributed by atoms with Crippen LogP contribution in [-0.2, 0) is 6.54 Å². The van der Waals surface area contributed by atoms with E-state index in [1.54, 1.807) is 0 Å². The van der Waals surface area contributed by atoms with Crippen LogP contribution in [0.4, 0.5) is 5.69 Å². The molecule has 0 aromatic heterocycles. The molecule has 2 rings (SSSR count). The average Bonchev–Trinajstić information content (AvgIpc) is 2.47.